The first kappa shape index (κ1) is 14.6. The van der Waals surface area contributed by atoms with Crippen LogP contribution < -0.4 is 5.32 Å². The SMILES string of the molecule is CC(C)(C)c1ccc(C(C)(C)CCNC2CC2)cc1. The van der Waals surface area contributed by atoms with E-state index in [1.165, 1.54) is 30.4 Å². The zero-order valence-electron chi connectivity index (χ0n) is 13.2. The van der Waals surface area contributed by atoms with Gasteiger partial charge in [-0.2, -0.15) is 0 Å². The molecule has 0 aliphatic heterocycles. The first-order valence-electron chi connectivity index (χ1n) is 7.63. The molecule has 2 rings (SSSR count). The van der Waals surface area contributed by atoms with Gasteiger partial charge in [0.05, 0.1) is 0 Å². The van der Waals surface area contributed by atoms with Crippen LogP contribution in [0, 0.1) is 0 Å². The summed E-state index contributed by atoms with van der Waals surface area (Å²) in [7, 11) is 0. The molecular formula is C18H29N. The van der Waals surface area contributed by atoms with Crippen LogP contribution in [0.15, 0.2) is 24.3 Å². The maximum Gasteiger partial charge on any atom is 0.00682 e. The molecule has 0 unspecified atom stereocenters. The van der Waals surface area contributed by atoms with Crippen LogP contribution in [0.4, 0.5) is 0 Å². The fourth-order valence-electron chi connectivity index (χ4n) is 2.44. The van der Waals surface area contributed by atoms with E-state index in [1.54, 1.807) is 0 Å². The van der Waals surface area contributed by atoms with Crippen LogP contribution >= 0.6 is 0 Å². The molecular weight excluding hydrogens is 230 g/mol. The summed E-state index contributed by atoms with van der Waals surface area (Å²) in [6, 6.07) is 10.0. The van der Waals surface area contributed by atoms with Gasteiger partial charge in [-0.15, -0.1) is 0 Å². The molecule has 0 amide bonds. The molecule has 1 aliphatic carbocycles. The van der Waals surface area contributed by atoms with E-state index in [0.717, 1.165) is 12.6 Å². The topological polar surface area (TPSA) is 12.0 Å². The second-order valence-corrected chi connectivity index (χ2v) is 7.69. The highest BCUT2D eigenvalue weighted by Crippen LogP contribution is 2.30. The molecule has 0 heterocycles. The predicted molar refractivity (Wildman–Crippen MR) is 83.8 cm³/mol. The summed E-state index contributed by atoms with van der Waals surface area (Å²) in [5.41, 5.74) is 3.38. The summed E-state index contributed by atoms with van der Waals surface area (Å²) in [6.45, 7) is 12.7. The van der Waals surface area contributed by atoms with E-state index < -0.39 is 0 Å². The van der Waals surface area contributed by atoms with Gasteiger partial charge in [-0.25, -0.2) is 0 Å². The molecule has 0 saturated heterocycles. The molecule has 106 valence electrons. The molecule has 0 bridgehead atoms. The van der Waals surface area contributed by atoms with E-state index in [9.17, 15) is 0 Å². The lowest BCUT2D eigenvalue weighted by atomic mass is 9.79. The lowest BCUT2D eigenvalue weighted by Gasteiger charge is -2.27. The van der Waals surface area contributed by atoms with E-state index in [-0.39, 0.29) is 10.8 Å². The third kappa shape index (κ3) is 4.07. The average molecular weight is 259 g/mol. The molecule has 1 N–H and O–H groups in total. The highest BCUT2D eigenvalue weighted by molar-refractivity contribution is 5.31. The molecule has 19 heavy (non-hydrogen) atoms. The normalized spacial score (nSPS) is 16.7. The summed E-state index contributed by atoms with van der Waals surface area (Å²) < 4.78 is 0. The Hall–Kier alpha value is -0.820. The van der Waals surface area contributed by atoms with Gasteiger partial charge in [0.2, 0.25) is 0 Å². The summed E-state index contributed by atoms with van der Waals surface area (Å²) in [6.07, 6.45) is 3.96. The first-order chi connectivity index (χ1) is 8.79. The number of hydrogen-bond donors (Lipinski definition) is 1. The van der Waals surface area contributed by atoms with Crippen LogP contribution in [-0.4, -0.2) is 12.6 Å². The Kier molecular flexibility index (Phi) is 4.06. The second kappa shape index (κ2) is 5.28. The quantitative estimate of drug-likeness (QED) is 0.826. The molecule has 1 aromatic rings. The van der Waals surface area contributed by atoms with Crippen LogP contribution in [-0.2, 0) is 10.8 Å². The van der Waals surface area contributed by atoms with Crippen LogP contribution in [0.1, 0.15) is 65.0 Å². The van der Waals surface area contributed by atoms with Crippen molar-refractivity contribution in [1.29, 1.82) is 0 Å². The minimum absolute atomic E-state index is 0.246. The molecule has 1 nitrogen and oxygen atoms in total. The van der Waals surface area contributed by atoms with Crippen molar-refractivity contribution in [2.45, 2.75) is 70.8 Å². The van der Waals surface area contributed by atoms with Crippen LogP contribution in [0.25, 0.3) is 0 Å². The zero-order chi connectivity index (χ0) is 14.1. The van der Waals surface area contributed by atoms with Crippen molar-refractivity contribution < 1.29 is 0 Å². The summed E-state index contributed by atoms with van der Waals surface area (Å²) in [5, 5.41) is 3.62. The van der Waals surface area contributed by atoms with Crippen LogP contribution in [0.3, 0.4) is 0 Å². The Morgan fingerprint density at radius 2 is 1.47 bits per heavy atom. The van der Waals surface area contributed by atoms with E-state index in [2.05, 4.69) is 64.2 Å². The third-order valence-electron chi connectivity index (χ3n) is 4.29. The van der Waals surface area contributed by atoms with Gasteiger partial charge < -0.3 is 5.32 Å². The molecule has 0 spiro atoms. The smallest absolute Gasteiger partial charge is 0.00682 e. The van der Waals surface area contributed by atoms with Crippen molar-refractivity contribution in [3.8, 4) is 0 Å². The van der Waals surface area contributed by atoms with Crippen molar-refractivity contribution in [3.05, 3.63) is 35.4 Å². The predicted octanol–water partition coefficient (Wildman–Crippen LogP) is 4.40. The lowest BCUT2D eigenvalue weighted by Crippen LogP contribution is -2.26. The van der Waals surface area contributed by atoms with Gasteiger partial charge in [0.15, 0.2) is 0 Å². The third-order valence-corrected chi connectivity index (χ3v) is 4.29. The van der Waals surface area contributed by atoms with Crippen LogP contribution in [0.2, 0.25) is 0 Å². The first-order valence-corrected chi connectivity index (χ1v) is 7.63. The van der Waals surface area contributed by atoms with E-state index >= 15 is 0 Å². The van der Waals surface area contributed by atoms with Crippen LogP contribution in [0.5, 0.6) is 0 Å². The monoisotopic (exact) mass is 259 g/mol. The second-order valence-electron chi connectivity index (χ2n) is 7.69. The number of rotatable bonds is 5. The maximum atomic E-state index is 3.62. The Morgan fingerprint density at radius 3 is 1.95 bits per heavy atom. The van der Waals surface area contributed by atoms with Gasteiger partial charge in [0.25, 0.3) is 0 Å². The molecule has 0 radical (unpaired) electrons. The molecule has 1 heteroatoms. The molecule has 0 atom stereocenters. The van der Waals surface area contributed by atoms with Gasteiger partial charge >= 0.3 is 0 Å². The highest BCUT2D eigenvalue weighted by atomic mass is 14.9. The highest BCUT2D eigenvalue weighted by Gasteiger charge is 2.24. The molecule has 0 aromatic heterocycles. The fourth-order valence-corrected chi connectivity index (χ4v) is 2.44. The number of hydrogen-bond acceptors (Lipinski definition) is 1. The van der Waals surface area contributed by atoms with Crippen molar-refractivity contribution in [2.24, 2.45) is 0 Å². The summed E-state index contributed by atoms with van der Waals surface area (Å²) in [4.78, 5) is 0. The maximum absolute atomic E-state index is 3.62. The van der Waals surface area contributed by atoms with E-state index in [1.807, 2.05) is 0 Å². The van der Waals surface area contributed by atoms with Gasteiger partial charge in [0.1, 0.15) is 0 Å². The fraction of sp³-hybridized carbons (Fsp3) is 0.667. The van der Waals surface area contributed by atoms with Crippen molar-refractivity contribution in [1.82, 2.24) is 5.32 Å². The Morgan fingerprint density at radius 1 is 0.947 bits per heavy atom. The largest absolute Gasteiger partial charge is 0.314 e. The molecule has 1 fully saturated rings. The van der Waals surface area contributed by atoms with Gasteiger partial charge in [0, 0.05) is 6.04 Å². The Balaban J connectivity index is 1.98. The molecule has 1 aliphatic rings. The molecule has 1 saturated carbocycles. The zero-order valence-corrected chi connectivity index (χ0v) is 13.2. The lowest BCUT2D eigenvalue weighted by molar-refractivity contribution is 0.455. The minimum Gasteiger partial charge on any atom is -0.314 e. The number of benzene rings is 1. The average Bonchev–Trinajstić information content (AvgIpc) is 3.12. The van der Waals surface area contributed by atoms with E-state index in [0.29, 0.717) is 0 Å². The molecule has 1 aromatic carbocycles. The van der Waals surface area contributed by atoms with Crippen molar-refractivity contribution >= 4 is 0 Å². The van der Waals surface area contributed by atoms with Crippen molar-refractivity contribution in [3.63, 3.8) is 0 Å². The minimum atomic E-state index is 0.246. The summed E-state index contributed by atoms with van der Waals surface area (Å²) in [5.74, 6) is 0. The van der Waals surface area contributed by atoms with Gasteiger partial charge in [-0.1, -0.05) is 58.9 Å². The van der Waals surface area contributed by atoms with Crippen molar-refractivity contribution in [2.75, 3.05) is 6.54 Å². The standard InChI is InChI=1S/C18H29N/c1-17(2,3)14-6-8-15(9-7-14)18(4,5)12-13-19-16-10-11-16/h6-9,16,19H,10-13H2,1-5H3. The Labute approximate surface area is 118 Å². The van der Waals surface area contributed by atoms with Gasteiger partial charge in [-0.3, -0.25) is 0 Å². The van der Waals surface area contributed by atoms with Gasteiger partial charge in [-0.05, 0) is 47.8 Å². The van der Waals surface area contributed by atoms with E-state index in [4.69, 9.17) is 0 Å². The Bertz CT molecular complexity index is 404. The summed E-state index contributed by atoms with van der Waals surface area (Å²) >= 11 is 0. The number of nitrogens with one attached hydrogen (secondary N) is 1.